The number of hydrogen-bond acceptors (Lipinski definition) is 4. The molecule has 0 aromatic carbocycles. The molecule has 52 valence electrons. The van der Waals surface area contributed by atoms with Crippen molar-refractivity contribution in [1.29, 1.82) is 5.26 Å². The molecule has 9 heavy (non-hydrogen) atoms. The molecular weight excluding hydrogens is 122 g/mol. The number of hydrazine groups is 3. The van der Waals surface area contributed by atoms with E-state index in [0.29, 0.717) is 4.79 Å². The maximum atomic E-state index is 6.25. The molecule has 0 spiro atoms. The zero-order chi connectivity index (χ0) is 7.86. The van der Waals surface area contributed by atoms with Crippen LogP contribution >= 0.6 is 0 Å². The molecule has 0 saturated heterocycles. The van der Waals surface area contributed by atoms with Gasteiger partial charge in [0.25, 0.3) is 0 Å². The number of rotatable bonds is 0. The molecule has 0 aliphatic rings. The van der Waals surface area contributed by atoms with Crippen molar-refractivity contribution in [3.63, 3.8) is 0 Å². The van der Waals surface area contributed by atoms with Crippen LogP contribution in [0.1, 0.15) is 0 Å². The van der Waals surface area contributed by atoms with E-state index < -0.39 is 0 Å². The summed E-state index contributed by atoms with van der Waals surface area (Å²) >= 11 is 0. The number of hydrogen-bond donors (Lipinski definition) is 5. The largest absolute Gasteiger partial charge is 0.512 e. The Morgan fingerprint density at radius 2 is 1.78 bits per heavy atom. The highest BCUT2D eigenvalue weighted by Crippen LogP contribution is 1.35. The highest BCUT2D eigenvalue weighted by Gasteiger charge is 1.93. The number of nitrogens with two attached hydrogens (primary N) is 4. The first kappa shape index (κ1) is 10.3. The maximum absolute atomic E-state index is 6.25. The van der Waals surface area contributed by atoms with Crippen molar-refractivity contribution in [2.45, 2.75) is 0 Å². The minimum absolute atomic E-state index is 0.0139. The quantitative estimate of drug-likeness (QED) is 0.0579. The lowest BCUT2D eigenvalue weighted by molar-refractivity contribution is -0.554. The third-order valence-corrected chi connectivity index (χ3v) is 0.426. The van der Waals surface area contributed by atoms with Crippen molar-refractivity contribution >= 4 is 5.96 Å². The van der Waals surface area contributed by atoms with Crippen molar-refractivity contribution in [1.82, 2.24) is 5.43 Å². The SMILES string of the molecule is NNC(N)=[N+](N)N.[C-]#N. The number of nitrogens with one attached hydrogen (secondary N) is 1. The molecule has 7 heteroatoms. The lowest BCUT2D eigenvalue weighted by Crippen LogP contribution is -2.49. The lowest BCUT2D eigenvalue weighted by atomic mass is 11.1. The van der Waals surface area contributed by atoms with Gasteiger partial charge in [-0.05, 0) is 0 Å². The summed E-state index contributed by atoms with van der Waals surface area (Å²) in [5.41, 5.74) is 7.01. The number of hydrazone groups is 2. The van der Waals surface area contributed by atoms with Crippen molar-refractivity contribution in [2.24, 2.45) is 23.3 Å². The van der Waals surface area contributed by atoms with Crippen LogP contribution in [-0.2, 0) is 0 Å². The Balaban J connectivity index is 0. The molecule has 0 saturated carbocycles. The third-order valence-electron chi connectivity index (χ3n) is 0.426. The van der Waals surface area contributed by atoms with Gasteiger partial charge in [-0.1, -0.05) is 4.79 Å². The molecule has 0 amide bonds. The second kappa shape index (κ2) is 6.32. The predicted octanol–water partition coefficient (Wildman–Crippen LogP) is -3.38. The summed E-state index contributed by atoms with van der Waals surface area (Å²) < 4.78 is 0. The topological polar surface area (TPSA) is 143 Å². The van der Waals surface area contributed by atoms with Crippen LogP contribution in [0.5, 0.6) is 0 Å². The zero-order valence-corrected chi connectivity index (χ0v) is 4.70. The summed E-state index contributed by atoms with van der Waals surface area (Å²) in [4.78, 5) is 0.681. The van der Waals surface area contributed by atoms with Crippen molar-refractivity contribution in [2.75, 3.05) is 0 Å². The van der Waals surface area contributed by atoms with Gasteiger partial charge in [-0.3, -0.25) is 17.4 Å². The Labute approximate surface area is 52.4 Å². The highest BCUT2D eigenvalue weighted by atomic mass is 15.6. The van der Waals surface area contributed by atoms with Gasteiger partial charge in [0.2, 0.25) is 0 Å². The molecule has 0 rings (SSSR count). The molecule has 0 aromatic heterocycles. The van der Waals surface area contributed by atoms with Crippen molar-refractivity contribution in [3.05, 3.63) is 6.57 Å². The van der Waals surface area contributed by atoms with Gasteiger partial charge in [0.05, 0.1) is 0 Å². The second-order valence-corrected chi connectivity index (χ2v) is 0.937. The van der Waals surface area contributed by atoms with Gasteiger partial charge in [0.1, 0.15) is 0 Å². The fraction of sp³-hybridized carbons (Fsp3) is 0. The van der Waals surface area contributed by atoms with Crippen molar-refractivity contribution < 1.29 is 4.79 Å². The van der Waals surface area contributed by atoms with E-state index in [2.05, 4.69) is 0 Å². The van der Waals surface area contributed by atoms with E-state index in [1.807, 2.05) is 5.43 Å². The molecule has 0 aromatic rings. The Kier molecular flexibility index (Phi) is 7.25. The Hall–Kier alpha value is -1.68. The molecule has 0 aliphatic heterocycles. The summed E-state index contributed by atoms with van der Waals surface area (Å²) in [7, 11) is 0. The van der Waals surface area contributed by atoms with Crippen LogP contribution in [0.2, 0.25) is 0 Å². The van der Waals surface area contributed by atoms with Crippen LogP contribution < -0.4 is 28.7 Å². The zero-order valence-electron chi connectivity index (χ0n) is 4.70. The fourth-order valence-corrected chi connectivity index (χ4v) is 0.0745. The molecule has 0 heterocycles. The summed E-state index contributed by atoms with van der Waals surface area (Å²) in [5, 5.41) is 6.25. The molecule has 7 nitrogen and oxygen atoms in total. The lowest BCUT2D eigenvalue weighted by Gasteiger charge is -1.91. The first-order valence-corrected chi connectivity index (χ1v) is 1.79. The van der Waals surface area contributed by atoms with Crippen LogP contribution in [0.3, 0.4) is 0 Å². The van der Waals surface area contributed by atoms with Gasteiger partial charge in [-0.15, -0.1) is 0 Å². The average molecular weight is 131 g/mol. The molecule has 0 aliphatic carbocycles. The average Bonchev–Trinajstić information content (AvgIpc) is 1.91. The first-order chi connectivity index (χ1) is 4.18. The standard InChI is InChI=1S/CH8N6.CN/c2-1(6-3)7(4)5;1-2/h3-5H2,(H2,2,6);/q;-1/p+1. The van der Waals surface area contributed by atoms with E-state index in [-0.39, 0.29) is 5.96 Å². The monoisotopic (exact) mass is 131 g/mol. The van der Waals surface area contributed by atoms with Crippen LogP contribution in [0.4, 0.5) is 0 Å². The minimum atomic E-state index is 0.0139. The summed E-state index contributed by atoms with van der Waals surface area (Å²) in [6.45, 7) is 4.75. The van der Waals surface area contributed by atoms with Gasteiger partial charge in [-0.2, -0.15) is 5.84 Å². The maximum Gasteiger partial charge on any atom is 0.404 e. The van der Waals surface area contributed by atoms with Crippen LogP contribution in [0.25, 0.3) is 0 Å². The Morgan fingerprint density at radius 1 is 1.44 bits per heavy atom. The van der Waals surface area contributed by atoms with E-state index in [0.717, 1.165) is 0 Å². The molecule has 0 radical (unpaired) electrons. The van der Waals surface area contributed by atoms with Crippen molar-refractivity contribution in [3.8, 4) is 0 Å². The van der Waals surface area contributed by atoms with Crippen LogP contribution in [0, 0.1) is 11.8 Å². The van der Waals surface area contributed by atoms with E-state index >= 15 is 0 Å². The summed E-state index contributed by atoms with van der Waals surface area (Å²) in [6, 6.07) is 0. The van der Waals surface area contributed by atoms with Crippen LogP contribution in [0.15, 0.2) is 0 Å². The van der Waals surface area contributed by atoms with Gasteiger partial charge >= 0.3 is 5.96 Å². The number of guanidine groups is 1. The fourth-order valence-electron chi connectivity index (χ4n) is 0.0745. The molecule has 0 fully saturated rings. The van der Waals surface area contributed by atoms with Gasteiger partial charge < -0.3 is 11.8 Å². The molecule has 0 atom stereocenters. The molecule has 0 unspecified atom stereocenters. The van der Waals surface area contributed by atoms with E-state index in [1.54, 1.807) is 0 Å². The molecule has 9 N–H and O–H groups in total. The second-order valence-electron chi connectivity index (χ2n) is 0.937. The number of nitrogens with zero attached hydrogens (tertiary/aromatic N) is 2. The third kappa shape index (κ3) is 6.32. The molecule has 0 bridgehead atoms. The Bertz CT molecular complexity index is 107. The van der Waals surface area contributed by atoms with E-state index in [9.17, 15) is 0 Å². The summed E-state index contributed by atoms with van der Waals surface area (Å²) in [6.07, 6.45) is 0. The minimum Gasteiger partial charge on any atom is -0.512 e. The van der Waals surface area contributed by atoms with Gasteiger partial charge in [0.15, 0.2) is 0 Å². The Morgan fingerprint density at radius 3 is 1.78 bits per heavy atom. The summed E-state index contributed by atoms with van der Waals surface area (Å²) in [5.74, 6) is 14.5. The smallest absolute Gasteiger partial charge is 0.404 e. The highest BCUT2D eigenvalue weighted by molar-refractivity contribution is 5.71. The predicted molar refractivity (Wildman–Crippen MR) is 30.1 cm³/mol. The van der Waals surface area contributed by atoms with E-state index in [4.69, 9.17) is 35.1 Å². The normalized spacial score (nSPS) is 6.11. The van der Waals surface area contributed by atoms with Crippen LogP contribution in [-0.4, -0.2) is 10.8 Å². The first-order valence-electron chi connectivity index (χ1n) is 1.79. The van der Waals surface area contributed by atoms with Gasteiger partial charge in [0, 0.05) is 0 Å². The van der Waals surface area contributed by atoms with Gasteiger partial charge in [-0.25, -0.2) is 5.43 Å². The van der Waals surface area contributed by atoms with E-state index in [1.165, 1.54) is 0 Å². The molecular formula is C2H9N7.